The molecule has 2 aliphatic rings. The summed E-state index contributed by atoms with van der Waals surface area (Å²) in [6.45, 7) is 0.306. The van der Waals surface area contributed by atoms with Crippen molar-refractivity contribution in [2.24, 2.45) is 0 Å². The molecule has 43 heavy (non-hydrogen) atoms. The zero-order valence-corrected chi connectivity index (χ0v) is 27.0. The minimum absolute atomic E-state index is 0.00110. The number of fused-ring (bicyclic) bond motifs is 1. The van der Waals surface area contributed by atoms with E-state index in [-0.39, 0.29) is 42.9 Å². The molecule has 0 saturated carbocycles. The Morgan fingerprint density at radius 2 is 1.63 bits per heavy atom. The molecule has 13 heteroatoms. The third kappa shape index (κ3) is 4.93. The molecule has 1 fully saturated rings. The molecule has 0 spiro atoms. The highest BCUT2D eigenvalue weighted by Crippen LogP contribution is 2.55. The molecular formula is C30H30Cl3N3O6S. The number of halogens is 3. The number of carbonyl (C=O) groups is 2. The van der Waals surface area contributed by atoms with Gasteiger partial charge in [-0.15, -0.1) is 0 Å². The van der Waals surface area contributed by atoms with Gasteiger partial charge in [0.05, 0.1) is 36.0 Å². The molecule has 2 heterocycles. The van der Waals surface area contributed by atoms with Crippen LogP contribution in [-0.4, -0.2) is 70.9 Å². The zero-order valence-electron chi connectivity index (χ0n) is 23.9. The average Bonchev–Trinajstić information content (AvgIpc) is 3.24. The maximum atomic E-state index is 15.2. The van der Waals surface area contributed by atoms with Crippen molar-refractivity contribution in [3.63, 3.8) is 0 Å². The van der Waals surface area contributed by atoms with E-state index in [0.29, 0.717) is 30.7 Å². The Morgan fingerprint density at radius 1 is 0.930 bits per heavy atom. The first kappa shape index (κ1) is 31.4. The van der Waals surface area contributed by atoms with Crippen LogP contribution in [0.2, 0.25) is 15.1 Å². The molecule has 1 saturated heterocycles. The van der Waals surface area contributed by atoms with E-state index in [1.165, 1.54) is 49.5 Å². The highest BCUT2D eigenvalue weighted by atomic mass is 35.5. The Kier molecular flexibility index (Phi) is 8.63. The van der Waals surface area contributed by atoms with Gasteiger partial charge in [-0.05, 0) is 43.2 Å². The summed E-state index contributed by atoms with van der Waals surface area (Å²) >= 11 is 19.9. The summed E-state index contributed by atoms with van der Waals surface area (Å²) in [5.74, 6) is -0.728. The fraction of sp³-hybridized carbons (Fsp3) is 0.333. The summed E-state index contributed by atoms with van der Waals surface area (Å²) in [7, 11) is 1.41. The molecule has 9 nitrogen and oxygen atoms in total. The van der Waals surface area contributed by atoms with Crippen molar-refractivity contribution in [2.75, 3.05) is 39.2 Å². The largest absolute Gasteiger partial charge is 0.497 e. The Labute approximate surface area is 265 Å². The van der Waals surface area contributed by atoms with Gasteiger partial charge in [-0.1, -0.05) is 59.4 Å². The number of likely N-dealkylation sites (tertiary alicyclic amines) is 1. The minimum atomic E-state index is -4.65. The van der Waals surface area contributed by atoms with Crippen LogP contribution in [0.4, 0.5) is 5.69 Å². The first-order chi connectivity index (χ1) is 20.4. The highest BCUT2D eigenvalue weighted by Gasteiger charge is 2.62. The molecule has 0 aliphatic carbocycles. The lowest BCUT2D eigenvalue weighted by atomic mass is 9.79. The van der Waals surface area contributed by atoms with E-state index in [1.54, 1.807) is 43.3 Å². The van der Waals surface area contributed by atoms with Crippen LogP contribution in [0.5, 0.6) is 11.5 Å². The van der Waals surface area contributed by atoms with Gasteiger partial charge in [-0.3, -0.25) is 14.5 Å². The molecule has 0 N–H and O–H groups in total. The molecule has 0 radical (unpaired) electrons. The van der Waals surface area contributed by atoms with Crippen LogP contribution in [0.25, 0.3) is 0 Å². The fourth-order valence-corrected chi connectivity index (χ4v) is 8.21. The van der Waals surface area contributed by atoms with Gasteiger partial charge in [0.2, 0.25) is 5.91 Å². The molecule has 2 amide bonds. The van der Waals surface area contributed by atoms with Gasteiger partial charge in [-0.2, -0.15) is 0 Å². The fourth-order valence-electron chi connectivity index (χ4n) is 6.03. The second-order valence-electron chi connectivity index (χ2n) is 10.5. The predicted molar refractivity (Wildman–Crippen MR) is 166 cm³/mol. The zero-order chi connectivity index (χ0) is 31.3. The summed E-state index contributed by atoms with van der Waals surface area (Å²) in [6, 6.07) is 13.0. The first-order valence-corrected chi connectivity index (χ1v) is 16.0. The highest BCUT2D eigenvalue weighted by molar-refractivity contribution is 7.93. The lowest BCUT2D eigenvalue weighted by Crippen LogP contribution is -2.62. The molecule has 2 aliphatic heterocycles. The molecule has 0 bridgehead atoms. The van der Waals surface area contributed by atoms with Crippen molar-refractivity contribution in [1.82, 2.24) is 9.80 Å². The number of rotatable bonds is 7. The Morgan fingerprint density at radius 3 is 2.28 bits per heavy atom. The third-order valence-electron chi connectivity index (χ3n) is 7.95. The second-order valence-corrected chi connectivity index (χ2v) is 13.5. The van der Waals surface area contributed by atoms with E-state index < -0.39 is 27.5 Å². The van der Waals surface area contributed by atoms with Crippen molar-refractivity contribution >= 4 is 62.3 Å². The number of benzene rings is 3. The molecule has 3 aromatic rings. The van der Waals surface area contributed by atoms with E-state index in [1.807, 2.05) is 0 Å². The third-order valence-corrected chi connectivity index (χ3v) is 10.7. The SMILES string of the molecule is COc1ccc(S(=O)(=O)N2C(=O)C(c3ccccc3Cl)(N3CCCC[C@H]3C(=O)N(C)C)c3cc(Cl)c(Cl)cc32)c(OC)c1. The number of methoxy groups -OCH3 is 2. The Hall–Kier alpha value is -3.02. The van der Waals surface area contributed by atoms with E-state index in [9.17, 15) is 13.2 Å². The number of amides is 2. The van der Waals surface area contributed by atoms with Crippen molar-refractivity contribution in [3.05, 3.63) is 80.8 Å². The Balaban J connectivity index is 1.87. The average molecular weight is 667 g/mol. The molecule has 0 aromatic heterocycles. The van der Waals surface area contributed by atoms with Gasteiger partial charge >= 0.3 is 0 Å². The quantitative estimate of drug-likeness (QED) is 0.325. The van der Waals surface area contributed by atoms with Gasteiger partial charge in [0.15, 0.2) is 5.54 Å². The number of hydrogen-bond acceptors (Lipinski definition) is 7. The van der Waals surface area contributed by atoms with Crippen molar-refractivity contribution in [2.45, 2.75) is 35.7 Å². The lowest BCUT2D eigenvalue weighted by molar-refractivity contribution is -0.142. The summed E-state index contributed by atoms with van der Waals surface area (Å²) in [6.07, 6.45) is 1.85. The van der Waals surface area contributed by atoms with Crippen molar-refractivity contribution in [1.29, 1.82) is 0 Å². The lowest BCUT2D eigenvalue weighted by Gasteiger charge is -2.47. The van der Waals surface area contributed by atoms with Crippen LogP contribution in [-0.2, 0) is 25.2 Å². The summed E-state index contributed by atoms with van der Waals surface area (Å²) < 4.78 is 40.5. The number of nitrogens with zero attached hydrogens (tertiary/aromatic N) is 3. The van der Waals surface area contributed by atoms with E-state index in [4.69, 9.17) is 44.3 Å². The van der Waals surface area contributed by atoms with E-state index >= 15 is 4.79 Å². The van der Waals surface area contributed by atoms with Crippen molar-refractivity contribution < 1.29 is 27.5 Å². The molecule has 5 rings (SSSR count). The van der Waals surface area contributed by atoms with Crippen LogP contribution in [0, 0.1) is 0 Å². The minimum Gasteiger partial charge on any atom is -0.497 e. The maximum Gasteiger partial charge on any atom is 0.274 e. The van der Waals surface area contributed by atoms with E-state index in [0.717, 1.165) is 10.7 Å². The van der Waals surface area contributed by atoms with Gasteiger partial charge in [0.25, 0.3) is 15.9 Å². The van der Waals surface area contributed by atoms with Crippen LogP contribution < -0.4 is 13.8 Å². The number of anilines is 1. The topological polar surface area (TPSA) is 96.5 Å². The van der Waals surface area contributed by atoms with Crippen molar-refractivity contribution in [3.8, 4) is 11.5 Å². The second kappa shape index (κ2) is 11.8. The predicted octanol–water partition coefficient (Wildman–Crippen LogP) is 5.59. The van der Waals surface area contributed by atoms with Gasteiger partial charge in [-0.25, -0.2) is 12.7 Å². The number of sulfonamides is 1. The smallest absolute Gasteiger partial charge is 0.274 e. The Bertz CT molecular complexity index is 1720. The van der Waals surface area contributed by atoms with Gasteiger partial charge in [0, 0.05) is 42.9 Å². The maximum absolute atomic E-state index is 15.2. The van der Waals surface area contributed by atoms with Crippen LogP contribution in [0.15, 0.2) is 59.5 Å². The molecule has 228 valence electrons. The normalized spacial score (nSPS) is 20.6. The van der Waals surface area contributed by atoms with Crippen LogP contribution >= 0.6 is 34.8 Å². The monoisotopic (exact) mass is 665 g/mol. The number of carbonyl (C=O) groups excluding carboxylic acids is 2. The standard InChI is InChI=1S/C30H30Cl3N3O6S/c1-34(2)28(37)24-11-7-8-14-35(24)30(19-9-5-6-10-21(19)31)20-16-22(32)23(33)17-25(20)36(29(30)38)43(39,40)27-13-12-18(41-3)15-26(27)42-4/h5-6,9-10,12-13,15-17,24H,7-8,11,14H2,1-4H3/t24-,30?/m0/s1. The molecular weight excluding hydrogens is 637 g/mol. The molecule has 2 atom stereocenters. The van der Waals surface area contributed by atoms with Gasteiger partial charge in [0.1, 0.15) is 16.4 Å². The molecule has 1 unspecified atom stereocenters. The summed E-state index contributed by atoms with van der Waals surface area (Å²) in [5, 5.41) is 0.374. The van der Waals surface area contributed by atoms with Crippen LogP contribution in [0.1, 0.15) is 30.4 Å². The number of likely N-dealkylation sites (N-methyl/N-ethyl adjacent to an activating group) is 1. The van der Waals surface area contributed by atoms with Crippen LogP contribution in [0.3, 0.4) is 0 Å². The van der Waals surface area contributed by atoms with Gasteiger partial charge < -0.3 is 14.4 Å². The summed E-state index contributed by atoms with van der Waals surface area (Å²) in [5.41, 5.74) is -1.28. The summed E-state index contributed by atoms with van der Waals surface area (Å²) in [4.78, 5) is 31.8. The number of piperidine rings is 1. The first-order valence-electron chi connectivity index (χ1n) is 13.5. The number of ether oxygens (including phenoxy) is 2. The number of hydrogen-bond donors (Lipinski definition) is 0. The van der Waals surface area contributed by atoms with E-state index in [2.05, 4.69) is 0 Å². The molecule has 3 aromatic carbocycles.